The number of methoxy groups -OCH3 is 1. The number of carbonyl (C=O) groups is 1. The number of amides is 1. The summed E-state index contributed by atoms with van der Waals surface area (Å²) in [6, 6.07) is 5.64. The smallest absolute Gasteiger partial charge is 0.275 e. The summed E-state index contributed by atoms with van der Waals surface area (Å²) in [5, 5.41) is 3.14. The summed E-state index contributed by atoms with van der Waals surface area (Å²) < 4.78 is 11.1. The molecule has 10 heteroatoms. The third-order valence-electron chi connectivity index (χ3n) is 6.21. The molecule has 0 saturated heterocycles. The van der Waals surface area contributed by atoms with Crippen LogP contribution in [0, 0.1) is 0 Å². The van der Waals surface area contributed by atoms with Crippen LogP contribution in [0.25, 0.3) is 0 Å². The highest BCUT2D eigenvalue weighted by Gasteiger charge is 2.42. The predicted octanol–water partition coefficient (Wildman–Crippen LogP) is 5.32. The number of nitrogens with zero attached hydrogens (tertiary/aromatic N) is 4. The van der Waals surface area contributed by atoms with E-state index in [-0.39, 0.29) is 27.8 Å². The van der Waals surface area contributed by atoms with E-state index < -0.39 is 5.54 Å². The average Bonchev–Trinajstić information content (AvgIpc) is 2.92. The lowest BCUT2D eigenvalue weighted by molar-refractivity contribution is 0.102. The minimum Gasteiger partial charge on any atom is -0.490 e. The Hall–Kier alpha value is -2.85. The zero-order valence-corrected chi connectivity index (χ0v) is 25.3. The molecular weight excluding hydrogens is 500 g/mol. The molecule has 0 aliphatic carbocycles. The van der Waals surface area contributed by atoms with E-state index in [1.54, 1.807) is 0 Å². The standard InChI is InChI=1S/C24H32N6O3S.2C2H6/c1-14-9-20-30(5)13-24(4,29-22(25)23(2,3)34-20)16-10-15(7-8-18(16)33-14)28-21(31)17-11-27-19(32-6)12-26-17;2*1-2/h7-8,10-12,14,20H,9,13H2,1-6H3,(H2,25,29)(H,28,31);2*1-2H3/t14-,20?,24-;;/m0../s1. The van der Waals surface area contributed by atoms with Crippen molar-refractivity contribution in [3.63, 3.8) is 0 Å². The van der Waals surface area contributed by atoms with Gasteiger partial charge in [-0.25, -0.2) is 9.97 Å². The van der Waals surface area contributed by atoms with Crippen LogP contribution in [0.1, 0.15) is 77.9 Å². The van der Waals surface area contributed by atoms with Crippen LogP contribution in [0.4, 0.5) is 5.69 Å². The number of fused-ring (bicyclic) bond motifs is 5. The van der Waals surface area contributed by atoms with E-state index in [4.69, 9.17) is 20.2 Å². The van der Waals surface area contributed by atoms with Crippen molar-refractivity contribution >= 4 is 29.2 Å². The van der Waals surface area contributed by atoms with Crippen LogP contribution in [0.5, 0.6) is 11.6 Å². The van der Waals surface area contributed by atoms with Gasteiger partial charge in [0.2, 0.25) is 5.88 Å². The summed E-state index contributed by atoms with van der Waals surface area (Å²) in [7, 11) is 3.62. The number of anilines is 1. The second kappa shape index (κ2) is 13.3. The van der Waals surface area contributed by atoms with Crippen LogP contribution in [0.2, 0.25) is 0 Å². The SMILES string of the molecule is CC.CC.COc1cnc(C(=O)Nc2ccc3c(c2)[C@]2(C)CN(C)C(C[C@H](C)O3)SC(C)(C)C(N)=N2)cn1. The number of ether oxygens (including phenoxy) is 2. The van der Waals surface area contributed by atoms with E-state index in [1.165, 1.54) is 19.5 Å². The summed E-state index contributed by atoms with van der Waals surface area (Å²) >= 11 is 1.81. The number of hydrogen-bond acceptors (Lipinski definition) is 9. The van der Waals surface area contributed by atoms with Crippen molar-refractivity contribution in [3.8, 4) is 11.6 Å². The van der Waals surface area contributed by atoms with Gasteiger partial charge < -0.3 is 20.5 Å². The molecular formula is C28H44N6O3S. The molecule has 2 bridgehead atoms. The van der Waals surface area contributed by atoms with Gasteiger partial charge >= 0.3 is 0 Å². The first-order valence-corrected chi connectivity index (χ1v) is 14.1. The van der Waals surface area contributed by atoms with Crippen LogP contribution in [-0.2, 0) is 5.54 Å². The zero-order valence-electron chi connectivity index (χ0n) is 24.5. The van der Waals surface area contributed by atoms with Crippen molar-refractivity contribution in [1.29, 1.82) is 0 Å². The maximum atomic E-state index is 12.8. The summed E-state index contributed by atoms with van der Waals surface area (Å²) in [4.78, 5) is 28.3. The fourth-order valence-corrected chi connectivity index (χ4v) is 5.77. The molecule has 38 heavy (non-hydrogen) atoms. The average molecular weight is 545 g/mol. The van der Waals surface area contributed by atoms with E-state index in [1.807, 2.05) is 57.7 Å². The number of aromatic nitrogens is 2. The van der Waals surface area contributed by atoms with Crippen molar-refractivity contribution < 1.29 is 14.3 Å². The molecule has 4 rings (SSSR count). The van der Waals surface area contributed by atoms with Crippen LogP contribution < -0.4 is 20.5 Å². The van der Waals surface area contributed by atoms with Crippen LogP contribution in [-0.4, -0.2) is 63.5 Å². The number of hydrogen-bond donors (Lipinski definition) is 2. The van der Waals surface area contributed by atoms with Gasteiger partial charge in [-0.05, 0) is 52.9 Å². The quantitative estimate of drug-likeness (QED) is 0.534. The number of aliphatic imine (C=N–C) groups is 1. The summed E-state index contributed by atoms with van der Waals surface area (Å²) in [6.45, 7) is 17.0. The first kappa shape index (κ1) is 31.4. The lowest BCUT2D eigenvalue weighted by Gasteiger charge is -2.41. The van der Waals surface area contributed by atoms with Gasteiger partial charge in [-0.15, -0.1) is 11.8 Å². The molecule has 1 amide bonds. The van der Waals surface area contributed by atoms with Gasteiger partial charge in [-0.2, -0.15) is 0 Å². The summed E-state index contributed by atoms with van der Waals surface area (Å²) in [6.07, 6.45) is 3.63. The van der Waals surface area contributed by atoms with Gasteiger partial charge in [-0.3, -0.25) is 14.7 Å². The fourth-order valence-electron chi connectivity index (χ4n) is 4.30. The van der Waals surface area contributed by atoms with Crippen LogP contribution in [0.15, 0.2) is 35.6 Å². The van der Waals surface area contributed by atoms with Crippen LogP contribution in [0.3, 0.4) is 0 Å². The number of rotatable bonds is 3. The monoisotopic (exact) mass is 544 g/mol. The highest BCUT2D eigenvalue weighted by atomic mass is 32.2. The second-order valence-corrected chi connectivity index (χ2v) is 11.3. The van der Waals surface area contributed by atoms with Gasteiger partial charge in [0.1, 0.15) is 22.8 Å². The van der Waals surface area contributed by atoms with Gasteiger partial charge in [0.05, 0.1) is 35.7 Å². The number of nitrogens with two attached hydrogens (primary N) is 1. The molecule has 0 fully saturated rings. The maximum Gasteiger partial charge on any atom is 0.275 e. The van der Waals surface area contributed by atoms with Gasteiger partial charge in [0.15, 0.2) is 0 Å². The Balaban J connectivity index is 0.00000121. The molecule has 2 aliphatic rings. The number of likely N-dealkylation sites (N-methyl/N-ethyl adjacent to an activating group) is 1. The Bertz CT molecular complexity index is 1110. The number of carbonyl (C=O) groups excluding carboxylic acids is 1. The van der Waals surface area contributed by atoms with E-state index in [0.717, 1.165) is 17.7 Å². The number of nitrogens with one attached hydrogen (secondary N) is 1. The Morgan fingerprint density at radius 1 is 1.18 bits per heavy atom. The number of benzene rings is 1. The van der Waals surface area contributed by atoms with E-state index >= 15 is 0 Å². The number of thioether (sulfide) groups is 1. The van der Waals surface area contributed by atoms with Gasteiger partial charge in [0, 0.05) is 24.2 Å². The first-order valence-electron chi connectivity index (χ1n) is 13.2. The molecule has 1 unspecified atom stereocenters. The minimum atomic E-state index is -0.671. The lowest BCUT2D eigenvalue weighted by atomic mass is 9.90. The predicted molar refractivity (Wildman–Crippen MR) is 157 cm³/mol. The number of amidine groups is 1. The topological polar surface area (TPSA) is 115 Å². The van der Waals surface area contributed by atoms with Crippen LogP contribution >= 0.6 is 11.8 Å². The molecule has 3 atom stereocenters. The van der Waals surface area contributed by atoms with E-state index in [2.05, 4.69) is 54.9 Å². The molecule has 3 N–H and O–H groups in total. The molecule has 0 spiro atoms. The molecule has 1 aromatic carbocycles. The lowest BCUT2D eigenvalue weighted by Crippen LogP contribution is -2.49. The second-order valence-electron chi connectivity index (χ2n) is 9.54. The third kappa shape index (κ3) is 7.17. The van der Waals surface area contributed by atoms with Gasteiger partial charge in [0.25, 0.3) is 5.91 Å². The molecule has 9 nitrogen and oxygen atoms in total. The van der Waals surface area contributed by atoms with Crippen molar-refractivity contribution in [1.82, 2.24) is 14.9 Å². The van der Waals surface area contributed by atoms with E-state index in [9.17, 15) is 4.79 Å². The molecule has 3 heterocycles. The van der Waals surface area contributed by atoms with Crippen molar-refractivity contribution in [2.75, 3.05) is 26.0 Å². The third-order valence-corrected chi connectivity index (χ3v) is 7.84. The molecule has 210 valence electrons. The zero-order chi connectivity index (χ0) is 28.7. The highest BCUT2D eigenvalue weighted by molar-refractivity contribution is 8.01. The van der Waals surface area contributed by atoms with Crippen molar-refractivity contribution in [2.45, 2.75) is 83.6 Å². The molecule has 2 aromatic rings. The Morgan fingerprint density at radius 3 is 2.47 bits per heavy atom. The summed E-state index contributed by atoms with van der Waals surface area (Å²) in [5.74, 6) is 1.32. The largest absolute Gasteiger partial charge is 0.490 e. The van der Waals surface area contributed by atoms with Crippen molar-refractivity contribution in [3.05, 3.63) is 41.9 Å². The van der Waals surface area contributed by atoms with E-state index in [0.29, 0.717) is 23.9 Å². The Labute approximate surface area is 232 Å². The normalized spacial score (nSPS) is 24.0. The Kier molecular flexibility index (Phi) is 11.0. The van der Waals surface area contributed by atoms with Gasteiger partial charge in [-0.1, -0.05) is 27.7 Å². The molecule has 1 aromatic heterocycles. The highest BCUT2D eigenvalue weighted by Crippen LogP contribution is 2.44. The molecule has 0 saturated carbocycles. The Morgan fingerprint density at radius 2 is 1.87 bits per heavy atom. The summed E-state index contributed by atoms with van der Waals surface area (Å²) in [5.41, 5.74) is 7.56. The molecule has 2 aliphatic heterocycles. The van der Waals surface area contributed by atoms with Crippen molar-refractivity contribution in [2.24, 2.45) is 10.7 Å². The minimum absolute atomic E-state index is 0.00816. The fraction of sp³-hybridized carbons (Fsp3) is 0.571. The maximum absolute atomic E-state index is 12.8. The molecule has 0 radical (unpaired) electrons. The first-order chi connectivity index (χ1) is 18.0.